The van der Waals surface area contributed by atoms with E-state index in [0.717, 1.165) is 111 Å². The van der Waals surface area contributed by atoms with Crippen molar-refractivity contribution in [2.45, 2.75) is 0 Å². The summed E-state index contributed by atoms with van der Waals surface area (Å²) in [7, 11) is 0. The van der Waals surface area contributed by atoms with Gasteiger partial charge < -0.3 is 18.9 Å². The molecule has 0 aliphatic heterocycles. The Balaban J connectivity index is 0.914. The topological polar surface area (TPSA) is 44.5 Å². The van der Waals surface area contributed by atoms with Crippen molar-refractivity contribution in [3.63, 3.8) is 0 Å². The van der Waals surface area contributed by atoms with E-state index in [1.54, 1.807) is 12.1 Å². The first-order valence-electron chi connectivity index (χ1n) is 24.2. The van der Waals surface area contributed by atoms with Crippen LogP contribution in [0.4, 0.5) is 48.6 Å². The van der Waals surface area contributed by atoms with Gasteiger partial charge in [0.15, 0.2) is 5.69 Å². The van der Waals surface area contributed by atoms with Gasteiger partial charge in [0.05, 0.1) is 46.0 Å². The highest BCUT2D eigenvalue weighted by Crippen LogP contribution is 2.46. The van der Waals surface area contributed by atoms with Gasteiger partial charge in [0.2, 0.25) is 0 Å². The highest BCUT2D eigenvalue weighted by Gasteiger charge is 2.22. The summed E-state index contributed by atoms with van der Waals surface area (Å²) in [6, 6.07) is 81.6. The number of benzene rings is 11. The van der Waals surface area contributed by atoms with Gasteiger partial charge >= 0.3 is 0 Å². The molecule has 0 saturated carbocycles. The standard InChI is InChI=1S/C66H40F2N6/c1-70-47-22-32-52(33-23-47)74-63-13-7-5-11-59(63)61-41-54(35-38-66(61)74)72(50-30-20-46(68)21-31-50)64-39-36-55(56-8-2-3-9-57(56)64)44-16-26-48(27-17-44)71(49-28-18-45(67)19-29-49)53-34-37-65-60(40-53)58-10-4-6-12-62(58)73(65)51-24-14-43(42-69)15-25-51/h2-41H. The predicted molar refractivity (Wildman–Crippen MR) is 298 cm³/mol. The normalized spacial score (nSPS) is 11.4. The lowest BCUT2D eigenvalue weighted by molar-refractivity contribution is 0.627. The molecular formula is C66H40F2N6. The van der Waals surface area contributed by atoms with Crippen molar-refractivity contribution >= 4 is 94.2 Å². The Morgan fingerprint density at radius 1 is 0.392 bits per heavy atom. The van der Waals surface area contributed by atoms with Gasteiger partial charge in [-0.3, -0.25) is 0 Å². The van der Waals surface area contributed by atoms with Crippen molar-refractivity contribution in [1.29, 1.82) is 5.26 Å². The summed E-state index contributed by atoms with van der Waals surface area (Å²) in [5, 5.41) is 15.9. The first-order chi connectivity index (χ1) is 36.4. The van der Waals surface area contributed by atoms with Gasteiger partial charge in [0.1, 0.15) is 11.6 Å². The van der Waals surface area contributed by atoms with E-state index in [9.17, 15) is 14.0 Å². The van der Waals surface area contributed by atoms with Crippen LogP contribution in [0, 0.1) is 29.5 Å². The summed E-state index contributed by atoms with van der Waals surface area (Å²) >= 11 is 0. The molecular weight excluding hydrogens is 915 g/mol. The minimum absolute atomic E-state index is 0.313. The van der Waals surface area contributed by atoms with Gasteiger partial charge in [-0.2, -0.15) is 5.26 Å². The maximum Gasteiger partial charge on any atom is 0.187 e. The van der Waals surface area contributed by atoms with Crippen molar-refractivity contribution in [3.8, 4) is 28.6 Å². The lowest BCUT2D eigenvalue weighted by Gasteiger charge is -2.28. The van der Waals surface area contributed by atoms with Crippen LogP contribution in [0.5, 0.6) is 0 Å². The van der Waals surface area contributed by atoms with Crippen molar-refractivity contribution in [2.24, 2.45) is 0 Å². The van der Waals surface area contributed by atoms with Gasteiger partial charge in [-0.15, -0.1) is 0 Å². The fraction of sp³-hybridized carbons (Fsp3) is 0. The average Bonchev–Trinajstić information content (AvgIpc) is 3.97. The highest BCUT2D eigenvalue weighted by atomic mass is 19.1. The molecule has 0 saturated heterocycles. The summed E-state index contributed by atoms with van der Waals surface area (Å²) in [5.74, 6) is -0.627. The van der Waals surface area contributed by atoms with E-state index in [2.05, 4.69) is 157 Å². The van der Waals surface area contributed by atoms with Crippen LogP contribution in [-0.2, 0) is 0 Å². The Morgan fingerprint density at radius 3 is 1.35 bits per heavy atom. The number of nitriles is 1. The van der Waals surface area contributed by atoms with E-state index in [1.165, 1.54) is 24.3 Å². The second-order valence-electron chi connectivity index (χ2n) is 18.2. The molecule has 0 aliphatic carbocycles. The van der Waals surface area contributed by atoms with Crippen LogP contribution in [0.1, 0.15) is 5.56 Å². The van der Waals surface area contributed by atoms with Crippen molar-refractivity contribution < 1.29 is 8.78 Å². The molecule has 74 heavy (non-hydrogen) atoms. The zero-order valence-corrected chi connectivity index (χ0v) is 39.5. The molecule has 0 bridgehead atoms. The van der Waals surface area contributed by atoms with E-state index >= 15 is 0 Å². The third-order valence-electron chi connectivity index (χ3n) is 14.1. The molecule has 0 spiro atoms. The van der Waals surface area contributed by atoms with Gasteiger partial charge in [0.25, 0.3) is 0 Å². The number of fused-ring (bicyclic) bond motifs is 7. The summed E-state index contributed by atoms with van der Waals surface area (Å²) < 4.78 is 33.7. The van der Waals surface area contributed by atoms with Crippen molar-refractivity contribution in [1.82, 2.24) is 9.13 Å². The molecule has 0 unspecified atom stereocenters. The van der Waals surface area contributed by atoms with Crippen LogP contribution >= 0.6 is 0 Å². The number of aromatic nitrogens is 2. The molecule has 0 atom stereocenters. The van der Waals surface area contributed by atoms with Crippen LogP contribution in [0.25, 0.3) is 81.7 Å². The van der Waals surface area contributed by atoms with Crippen molar-refractivity contribution in [3.05, 3.63) is 271 Å². The fourth-order valence-electron chi connectivity index (χ4n) is 10.7. The molecule has 11 aromatic carbocycles. The monoisotopic (exact) mass is 954 g/mol. The molecule has 0 fully saturated rings. The second kappa shape index (κ2) is 17.8. The zero-order chi connectivity index (χ0) is 49.9. The number of para-hydroxylation sites is 2. The molecule has 2 heterocycles. The van der Waals surface area contributed by atoms with Gasteiger partial charge in [-0.1, -0.05) is 91.0 Å². The van der Waals surface area contributed by atoms with Crippen molar-refractivity contribution in [2.75, 3.05) is 9.80 Å². The largest absolute Gasteiger partial charge is 0.310 e. The third kappa shape index (κ3) is 7.37. The van der Waals surface area contributed by atoms with E-state index in [1.807, 2.05) is 78.9 Å². The molecule has 13 aromatic rings. The first-order valence-corrected chi connectivity index (χ1v) is 24.2. The summed E-state index contributed by atoms with van der Waals surface area (Å²) in [6.45, 7) is 7.49. The maximum absolute atomic E-state index is 14.7. The maximum atomic E-state index is 14.7. The predicted octanol–water partition coefficient (Wildman–Crippen LogP) is 18.3. The zero-order valence-electron chi connectivity index (χ0n) is 39.5. The average molecular weight is 955 g/mol. The lowest BCUT2D eigenvalue weighted by Crippen LogP contribution is -2.11. The van der Waals surface area contributed by atoms with E-state index in [-0.39, 0.29) is 11.6 Å². The van der Waals surface area contributed by atoms with Gasteiger partial charge in [0, 0.05) is 66.7 Å². The molecule has 0 aliphatic rings. The smallest absolute Gasteiger partial charge is 0.187 e. The molecule has 2 aromatic heterocycles. The molecule has 0 amide bonds. The summed E-state index contributed by atoms with van der Waals surface area (Å²) in [5.41, 5.74) is 14.6. The minimum Gasteiger partial charge on any atom is -0.310 e. The van der Waals surface area contributed by atoms with Crippen LogP contribution in [0.2, 0.25) is 0 Å². The SMILES string of the molecule is [C-]#[N+]c1ccc(-n2c3ccccc3c3cc(N(c4ccc(F)cc4)c4ccc(-c5ccc(N(c6ccc(F)cc6)c6ccc7c(c6)c6ccccc6n7-c6ccc(C#N)cc6)cc5)c5ccccc45)ccc32)cc1. The molecule has 6 nitrogen and oxygen atoms in total. The quantitative estimate of drug-likeness (QED) is 0.135. The Labute approximate surface area is 425 Å². The molecule has 0 radical (unpaired) electrons. The fourth-order valence-corrected chi connectivity index (χ4v) is 10.7. The number of nitrogens with zero attached hydrogens (tertiary/aromatic N) is 6. The summed E-state index contributed by atoms with van der Waals surface area (Å²) in [4.78, 5) is 7.96. The van der Waals surface area contributed by atoms with Crippen LogP contribution < -0.4 is 9.80 Å². The molecule has 13 rings (SSSR count). The highest BCUT2D eigenvalue weighted by molar-refractivity contribution is 6.13. The number of hydrogen-bond donors (Lipinski definition) is 0. The van der Waals surface area contributed by atoms with Crippen LogP contribution in [0.3, 0.4) is 0 Å². The summed E-state index contributed by atoms with van der Waals surface area (Å²) in [6.07, 6.45) is 0. The Kier molecular flexibility index (Phi) is 10.5. The van der Waals surface area contributed by atoms with Gasteiger partial charge in [-0.05, 0) is 168 Å². The molecule has 0 N–H and O–H groups in total. The Bertz CT molecular complexity index is 4390. The second-order valence-corrected chi connectivity index (χ2v) is 18.2. The van der Waals surface area contributed by atoms with Gasteiger partial charge in [-0.25, -0.2) is 13.6 Å². The Morgan fingerprint density at radius 2 is 0.824 bits per heavy atom. The number of anilines is 6. The molecule has 348 valence electrons. The van der Waals surface area contributed by atoms with Crippen LogP contribution in [-0.4, -0.2) is 9.13 Å². The van der Waals surface area contributed by atoms with E-state index in [0.29, 0.717) is 11.3 Å². The molecule has 8 heteroatoms. The van der Waals surface area contributed by atoms with Crippen LogP contribution in [0.15, 0.2) is 243 Å². The third-order valence-corrected chi connectivity index (χ3v) is 14.1. The number of rotatable bonds is 9. The number of halogens is 2. The first kappa shape index (κ1) is 43.7. The van der Waals surface area contributed by atoms with E-state index < -0.39 is 0 Å². The lowest BCUT2D eigenvalue weighted by atomic mass is 9.96. The van der Waals surface area contributed by atoms with E-state index in [4.69, 9.17) is 6.57 Å². The number of hydrogen-bond acceptors (Lipinski definition) is 3. The minimum atomic E-state index is -0.314. The Hall–Kier alpha value is -10.3.